The SMILES string of the molecule is N#Cc1ccc2cc(C(OC(c3ccccc3)c3ccc4cc(C#N)ccc4c3)c3ccccc3)ccc2c1. The summed E-state index contributed by atoms with van der Waals surface area (Å²) in [5.41, 5.74) is 5.50. The van der Waals surface area contributed by atoms with E-state index in [-0.39, 0.29) is 12.2 Å². The van der Waals surface area contributed by atoms with Crippen LogP contribution in [0, 0.1) is 22.7 Å². The minimum Gasteiger partial charge on any atom is -0.356 e. The smallest absolute Gasteiger partial charge is 0.109 e. The van der Waals surface area contributed by atoms with E-state index in [1.54, 1.807) is 0 Å². The Morgan fingerprint density at radius 2 is 0.795 bits per heavy atom. The van der Waals surface area contributed by atoms with Crippen LogP contribution in [0.15, 0.2) is 133 Å². The Balaban J connectivity index is 1.47. The highest BCUT2D eigenvalue weighted by molar-refractivity contribution is 5.85. The Kier molecular flexibility index (Phi) is 6.59. The van der Waals surface area contributed by atoms with Crippen LogP contribution >= 0.6 is 0 Å². The van der Waals surface area contributed by atoms with Gasteiger partial charge in [-0.3, -0.25) is 0 Å². The monoisotopic (exact) mass is 500 g/mol. The molecule has 0 aliphatic rings. The zero-order valence-electron chi connectivity index (χ0n) is 21.2. The van der Waals surface area contributed by atoms with E-state index in [1.165, 1.54) is 0 Å². The number of benzene rings is 6. The van der Waals surface area contributed by atoms with Gasteiger partial charge in [0.05, 0.1) is 23.3 Å². The quantitative estimate of drug-likeness (QED) is 0.230. The second kappa shape index (κ2) is 10.6. The summed E-state index contributed by atoms with van der Waals surface area (Å²) >= 11 is 0. The highest BCUT2D eigenvalue weighted by atomic mass is 16.5. The van der Waals surface area contributed by atoms with Crippen molar-refractivity contribution in [3.8, 4) is 12.1 Å². The number of rotatable bonds is 6. The van der Waals surface area contributed by atoms with Crippen molar-refractivity contribution in [2.24, 2.45) is 0 Å². The second-order valence-corrected chi connectivity index (χ2v) is 9.58. The van der Waals surface area contributed by atoms with Crippen molar-refractivity contribution in [3.63, 3.8) is 0 Å². The summed E-state index contributed by atoms with van der Waals surface area (Å²) in [7, 11) is 0. The van der Waals surface area contributed by atoms with Crippen LogP contribution < -0.4 is 0 Å². The molecule has 3 heteroatoms. The number of nitriles is 2. The minimum atomic E-state index is -0.326. The Morgan fingerprint density at radius 1 is 0.410 bits per heavy atom. The number of fused-ring (bicyclic) bond motifs is 2. The largest absolute Gasteiger partial charge is 0.356 e. The molecule has 0 aromatic heterocycles. The summed E-state index contributed by atoms with van der Waals surface area (Å²) in [5.74, 6) is 0. The summed E-state index contributed by atoms with van der Waals surface area (Å²) in [6.45, 7) is 0. The maximum Gasteiger partial charge on any atom is 0.109 e. The van der Waals surface area contributed by atoms with Gasteiger partial charge >= 0.3 is 0 Å². The zero-order chi connectivity index (χ0) is 26.6. The molecular formula is C36H24N2O. The Labute approximate surface area is 227 Å². The Morgan fingerprint density at radius 3 is 1.21 bits per heavy atom. The van der Waals surface area contributed by atoms with E-state index >= 15 is 0 Å². The van der Waals surface area contributed by atoms with E-state index in [1.807, 2.05) is 72.8 Å². The summed E-state index contributed by atoms with van der Waals surface area (Å²) in [5, 5.41) is 22.8. The first-order valence-corrected chi connectivity index (χ1v) is 12.8. The van der Waals surface area contributed by atoms with Crippen LogP contribution in [0.2, 0.25) is 0 Å². The molecule has 6 aromatic carbocycles. The zero-order valence-corrected chi connectivity index (χ0v) is 21.2. The van der Waals surface area contributed by atoms with E-state index in [4.69, 9.17) is 4.74 Å². The molecule has 0 heterocycles. The number of ether oxygens (including phenoxy) is 1. The number of nitrogens with zero attached hydrogens (tertiary/aromatic N) is 2. The van der Waals surface area contributed by atoms with Crippen molar-refractivity contribution >= 4 is 21.5 Å². The summed E-state index contributed by atoms with van der Waals surface area (Å²) in [6, 6.07) is 49.1. The molecule has 184 valence electrons. The molecule has 3 nitrogen and oxygen atoms in total. The molecule has 0 spiro atoms. The van der Waals surface area contributed by atoms with E-state index in [2.05, 4.69) is 72.8 Å². The summed E-state index contributed by atoms with van der Waals surface area (Å²) in [6.07, 6.45) is -0.652. The molecule has 0 bridgehead atoms. The van der Waals surface area contributed by atoms with E-state index in [0.717, 1.165) is 43.8 Å². The van der Waals surface area contributed by atoms with Gasteiger partial charge in [0, 0.05) is 0 Å². The molecule has 0 saturated heterocycles. The lowest BCUT2D eigenvalue weighted by Gasteiger charge is -2.27. The lowest BCUT2D eigenvalue weighted by Crippen LogP contribution is -2.13. The fraction of sp³-hybridized carbons (Fsp3) is 0.0556. The summed E-state index contributed by atoms with van der Waals surface area (Å²) < 4.78 is 7.08. The van der Waals surface area contributed by atoms with Crippen LogP contribution in [0.1, 0.15) is 45.6 Å². The molecule has 2 atom stereocenters. The fourth-order valence-corrected chi connectivity index (χ4v) is 5.08. The average Bonchev–Trinajstić information content (AvgIpc) is 3.01. The van der Waals surface area contributed by atoms with Gasteiger partial charge in [-0.25, -0.2) is 0 Å². The molecule has 0 N–H and O–H groups in total. The third-order valence-electron chi connectivity index (χ3n) is 7.07. The van der Waals surface area contributed by atoms with Gasteiger partial charge in [0.15, 0.2) is 0 Å². The van der Waals surface area contributed by atoms with Gasteiger partial charge in [-0.15, -0.1) is 0 Å². The third-order valence-corrected chi connectivity index (χ3v) is 7.07. The molecule has 0 amide bonds. The molecule has 0 aliphatic heterocycles. The van der Waals surface area contributed by atoms with Crippen LogP contribution in [0.5, 0.6) is 0 Å². The molecule has 6 rings (SSSR count). The van der Waals surface area contributed by atoms with Gasteiger partial charge in [-0.1, -0.05) is 97.1 Å². The van der Waals surface area contributed by atoms with E-state index in [0.29, 0.717) is 11.1 Å². The highest BCUT2D eigenvalue weighted by Gasteiger charge is 2.24. The lowest BCUT2D eigenvalue weighted by molar-refractivity contribution is 0.0310. The van der Waals surface area contributed by atoms with E-state index < -0.39 is 0 Å². The maximum atomic E-state index is 9.31. The van der Waals surface area contributed by atoms with Crippen LogP contribution in [0.3, 0.4) is 0 Å². The first-order valence-electron chi connectivity index (χ1n) is 12.8. The standard InChI is InChI=1S/C36H24N2O/c37-23-25-11-13-31-21-33(17-15-29(31)19-25)35(27-7-3-1-4-8-27)39-36(28-9-5-2-6-10-28)34-18-16-30-20-26(24-38)12-14-32(30)22-34/h1-22,35-36H. The molecule has 0 fully saturated rings. The van der Waals surface area contributed by atoms with Crippen LogP contribution in [0.25, 0.3) is 21.5 Å². The molecular weight excluding hydrogens is 476 g/mol. The maximum absolute atomic E-state index is 9.31. The third kappa shape index (κ3) is 5.00. The van der Waals surface area contributed by atoms with Gasteiger partial charge in [-0.05, 0) is 80.2 Å². The Hall–Kier alpha value is -5.22. The van der Waals surface area contributed by atoms with Gasteiger partial charge in [-0.2, -0.15) is 10.5 Å². The van der Waals surface area contributed by atoms with Crippen LogP contribution in [-0.4, -0.2) is 0 Å². The number of hydrogen-bond donors (Lipinski definition) is 0. The lowest BCUT2D eigenvalue weighted by atomic mass is 9.95. The average molecular weight is 501 g/mol. The first-order chi connectivity index (χ1) is 19.2. The highest BCUT2D eigenvalue weighted by Crippen LogP contribution is 2.38. The van der Waals surface area contributed by atoms with Crippen molar-refractivity contribution in [2.75, 3.05) is 0 Å². The van der Waals surface area contributed by atoms with Crippen molar-refractivity contribution in [1.29, 1.82) is 10.5 Å². The second-order valence-electron chi connectivity index (χ2n) is 9.58. The van der Waals surface area contributed by atoms with Crippen LogP contribution in [-0.2, 0) is 4.74 Å². The number of hydrogen-bond acceptors (Lipinski definition) is 3. The summed E-state index contributed by atoms with van der Waals surface area (Å²) in [4.78, 5) is 0. The molecule has 2 unspecified atom stereocenters. The van der Waals surface area contributed by atoms with Crippen molar-refractivity contribution in [2.45, 2.75) is 12.2 Å². The van der Waals surface area contributed by atoms with Crippen LogP contribution in [0.4, 0.5) is 0 Å². The van der Waals surface area contributed by atoms with Crippen molar-refractivity contribution < 1.29 is 4.74 Å². The van der Waals surface area contributed by atoms with Crippen molar-refractivity contribution in [3.05, 3.63) is 167 Å². The molecule has 0 radical (unpaired) electrons. The van der Waals surface area contributed by atoms with Gasteiger partial charge < -0.3 is 4.74 Å². The molecule has 0 aliphatic carbocycles. The fourth-order valence-electron chi connectivity index (χ4n) is 5.08. The Bertz CT molecular complexity index is 1730. The molecule has 0 saturated carbocycles. The van der Waals surface area contributed by atoms with Gasteiger partial charge in [0.2, 0.25) is 0 Å². The van der Waals surface area contributed by atoms with Crippen molar-refractivity contribution in [1.82, 2.24) is 0 Å². The normalized spacial score (nSPS) is 12.5. The van der Waals surface area contributed by atoms with Gasteiger partial charge in [0.1, 0.15) is 12.2 Å². The van der Waals surface area contributed by atoms with Gasteiger partial charge in [0.25, 0.3) is 0 Å². The first kappa shape index (κ1) is 24.1. The van der Waals surface area contributed by atoms with E-state index in [9.17, 15) is 10.5 Å². The topological polar surface area (TPSA) is 56.8 Å². The predicted octanol–water partition coefficient (Wildman–Crippen LogP) is 8.63. The molecule has 6 aromatic rings. The molecule has 39 heavy (non-hydrogen) atoms. The predicted molar refractivity (Wildman–Crippen MR) is 155 cm³/mol. The minimum absolute atomic E-state index is 0.326.